The Morgan fingerprint density at radius 3 is 2.25 bits per heavy atom. The molecule has 2 aromatic rings. The molecule has 0 bridgehead atoms. The lowest BCUT2D eigenvalue weighted by Gasteiger charge is -2.18. The molecule has 2 N–H and O–H groups in total. The van der Waals surface area contributed by atoms with E-state index in [9.17, 15) is 9.59 Å². The van der Waals surface area contributed by atoms with E-state index >= 15 is 0 Å². The van der Waals surface area contributed by atoms with Gasteiger partial charge in [0.2, 0.25) is 5.91 Å². The number of carbonyl (C=O) groups excluding carboxylic acids is 2. The summed E-state index contributed by atoms with van der Waals surface area (Å²) in [6.07, 6.45) is 0.185. The third-order valence-electron chi connectivity index (χ3n) is 4.39. The molecule has 0 aromatic heterocycles. The highest BCUT2D eigenvalue weighted by atomic mass is 35.5. The summed E-state index contributed by atoms with van der Waals surface area (Å²) >= 11 is 11.9. The fourth-order valence-corrected chi connectivity index (χ4v) is 3.04. The Bertz CT molecular complexity index is 806. The van der Waals surface area contributed by atoms with Crippen LogP contribution in [0.1, 0.15) is 29.8 Å². The van der Waals surface area contributed by atoms with Gasteiger partial charge in [0, 0.05) is 24.3 Å². The van der Waals surface area contributed by atoms with E-state index in [2.05, 4.69) is 29.4 Å². The molecule has 150 valence electrons. The van der Waals surface area contributed by atoms with E-state index in [1.807, 2.05) is 0 Å². The molecule has 28 heavy (non-hydrogen) atoms. The van der Waals surface area contributed by atoms with Gasteiger partial charge in [-0.1, -0.05) is 43.1 Å². The number of anilines is 1. The van der Waals surface area contributed by atoms with Crippen LogP contribution in [0.5, 0.6) is 0 Å². The minimum atomic E-state index is -0.171. The molecule has 0 heterocycles. The summed E-state index contributed by atoms with van der Waals surface area (Å²) in [6, 6.07) is 11.9. The summed E-state index contributed by atoms with van der Waals surface area (Å²) in [5.41, 5.74) is 1.96. The van der Waals surface area contributed by atoms with Crippen LogP contribution in [-0.2, 0) is 11.2 Å². The highest BCUT2D eigenvalue weighted by molar-refractivity contribution is 6.42. The third-order valence-corrected chi connectivity index (χ3v) is 5.13. The lowest BCUT2D eigenvalue weighted by Crippen LogP contribution is -2.34. The van der Waals surface area contributed by atoms with E-state index in [1.165, 1.54) is 0 Å². The predicted molar refractivity (Wildman–Crippen MR) is 115 cm³/mol. The Kier molecular flexibility index (Phi) is 8.77. The second-order valence-corrected chi connectivity index (χ2v) is 7.15. The fraction of sp³-hybridized carbons (Fsp3) is 0.333. The molecule has 2 amide bonds. The second kappa shape index (κ2) is 11.1. The first kappa shape index (κ1) is 22.2. The molecule has 0 aliphatic carbocycles. The van der Waals surface area contributed by atoms with Crippen LogP contribution in [0, 0.1) is 0 Å². The Labute approximate surface area is 176 Å². The van der Waals surface area contributed by atoms with Gasteiger partial charge in [-0.25, -0.2) is 0 Å². The molecule has 2 rings (SSSR count). The van der Waals surface area contributed by atoms with Crippen molar-refractivity contribution in [3.8, 4) is 0 Å². The van der Waals surface area contributed by atoms with E-state index < -0.39 is 0 Å². The van der Waals surface area contributed by atoms with Crippen molar-refractivity contribution >= 4 is 40.7 Å². The number of hydrogen-bond donors (Lipinski definition) is 2. The SMILES string of the molecule is CCN(CC)CCNC(=O)c1ccc(NC(=O)Cc2ccc(Cl)c(Cl)c2)cc1. The first-order valence-corrected chi connectivity index (χ1v) is 10.0. The monoisotopic (exact) mass is 421 g/mol. The van der Waals surface area contributed by atoms with Gasteiger partial charge >= 0.3 is 0 Å². The lowest BCUT2D eigenvalue weighted by molar-refractivity contribution is -0.115. The van der Waals surface area contributed by atoms with E-state index in [0.29, 0.717) is 27.8 Å². The molecule has 0 saturated heterocycles. The minimum Gasteiger partial charge on any atom is -0.351 e. The number of nitrogens with zero attached hydrogens (tertiary/aromatic N) is 1. The zero-order chi connectivity index (χ0) is 20.5. The Balaban J connectivity index is 1.85. The summed E-state index contributed by atoms with van der Waals surface area (Å²) in [6.45, 7) is 7.54. The molecule has 5 nitrogen and oxygen atoms in total. The third kappa shape index (κ3) is 6.82. The molecule has 0 radical (unpaired) electrons. The lowest BCUT2D eigenvalue weighted by atomic mass is 10.1. The van der Waals surface area contributed by atoms with Gasteiger partial charge in [0.1, 0.15) is 0 Å². The van der Waals surface area contributed by atoms with Gasteiger partial charge in [-0.2, -0.15) is 0 Å². The average molecular weight is 422 g/mol. The topological polar surface area (TPSA) is 61.4 Å². The molecule has 0 atom stereocenters. The number of carbonyl (C=O) groups is 2. The van der Waals surface area contributed by atoms with Crippen LogP contribution in [0.2, 0.25) is 10.0 Å². The molecule has 2 aromatic carbocycles. The van der Waals surface area contributed by atoms with E-state index in [0.717, 1.165) is 25.2 Å². The number of amides is 2. The normalized spacial score (nSPS) is 10.8. The summed E-state index contributed by atoms with van der Waals surface area (Å²) in [7, 11) is 0. The van der Waals surface area contributed by atoms with Crippen molar-refractivity contribution < 1.29 is 9.59 Å². The number of rotatable bonds is 9. The van der Waals surface area contributed by atoms with E-state index in [1.54, 1.807) is 42.5 Å². The van der Waals surface area contributed by atoms with Gasteiger partial charge in [-0.3, -0.25) is 9.59 Å². The maximum atomic E-state index is 12.2. The van der Waals surface area contributed by atoms with Crippen LogP contribution in [0.25, 0.3) is 0 Å². The summed E-state index contributed by atoms with van der Waals surface area (Å²) < 4.78 is 0. The molecule has 0 unspecified atom stereocenters. The van der Waals surface area contributed by atoms with Gasteiger partial charge in [0.25, 0.3) is 5.91 Å². The highest BCUT2D eigenvalue weighted by Gasteiger charge is 2.09. The van der Waals surface area contributed by atoms with E-state index in [-0.39, 0.29) is 18.2 Å². The zero-order valence-corrected chi connectivity index (χ0v) is 17.6. The van der Waals surface area contributed by atoms with Crippen molar-refractivity contribution in [2.45, 2.75) is 20.3 Å². The first-order chi connectivity index (χ1) is 13.4. The largest absolute Gasteiger partial charge is 0.351 e. The number of nitrogens with one attached hydrogen (secondary N) is 2. The van der Waals surface area contributed by atoms with Gasteiger partial charge in [0.15, 0.2) is 0 Å². The standard InChI is InChI=1S/C21H25Cl2N3O2/c1-3-26(4-2)12-11-24-21(28)16-6-8-17(9-7-16)25-20(27)14-15-5-10-18(22)19(23)13-15/h5-10,13H,3-4,11-12,14H2,1-2H3,(H,24,28)(H,25,27). The van der Waals surface area contributed by atoms with Gasteiger partial charge in [0.05, 0.1) is 16.5 Å². The van der Waals surface area contributed by atoms with Crippen LogP contribution >= 0.6 is 23.2 Å². The summed E-state index contributed by atoms with van der Waals surface area (Å²) in [5.74, 6) is -0.296. The molecule has 7 heteroatoms. The van der Waals surface area contributed by atoms with Crippen molar-refractivity contribution in [2.75, 3.05) is 31.5 Å². The van der Waals surface area contributed by atoms with Crippen LogP contribution in [0.4, 0.5) is 5.69 Å². The predicted octanol–water partition coefficient (Wildman–Crippen LogP) is 4.25. The minimum absolute atomic E-state index is 0.124. The molecule has 0 aliphatic heterocycles. The Morgan fingerprint density at radius 2 is 1.64 bits per heavy atom. The van der Waals surface area contributed by atoms with Crippen LogP contribution < -0.4 is 10.6 Å². The number of halogens is 2. The molecular weight excluding hydrogens is 397 g/mol. The van der Waals surface area contributed by atoms with Crippen molar-refractivity contribution in [1.29, 1.82) is 0 Å². The molecule has 0 fully saturated rings. The van der Waals surface area contributed by atoms with Crippen LogP contribution in [-0.4, -0.2) is 42.9 Å². The second-order valence-electron chi connectivity index (χ2n) is 6.33. The maximum Gasteiger partial charge on any atom is 0.251 e. The average Bonchev–Trinajstić information content (AvgIpc) is 2.68. The van der Waals surface area contributed by atoms with Crippen LogP contribution in [0.3, 0.4) is 0 Å². The van der Waals surface area contributed by atoms with Crippen molar-refractivity contribution in [3.05, 3.63) is 63.6 Å². The van der Waals surface area contributed by atoms with Gasteiger partial charge in [-0.15, -0.1) is 0 Å². The quantitative estimate of drug-likeness (QED) is 0.635. The van der Waals surface area contributed by atoms with Crippen molar-refractivity contribution in [2.24, 2.45) is 0 Å². The molecule has 0 spiro atoms. The van der Waals surface area contributed by atoms with Crippen molar-refractivity contribution in [3.63, 3.8) is 0 Å². The Morgan fingerprint density at radius 1 is 0.964 bits per heavy atom. The number of likely N-dealkylation sites (N-methyl/N-ethyl adjacent to an activating group) is 1. The van der Waals surface area contributed by atoms with Gasteiger partial charge < -0.3 is 15.5 Å². The Hall–Kier alpha value is -2.08. The number of benzene rings is 2. The smallest absolute Gasteiger partial charge is 0.251 e. The number of hydrogen-bond acceptors (Lipinski definition) is 3. The van der Waals surface area contributed by atoms with E-state index in [4.69, 9.17) is 23.2 Å². The fourth-order valence-electron chi connectivity index (χ4n) is 2.71. The highest BCUT2D eigenvalue weighted by Crippen LogP contribution is 2.23. The van der Waals surface area contributed by atoms with Crippen LogP contribution in [0.15, 0.2) is 42.5 Å². The summed E-state index contributed by atoms with van der Waals surface area (Å²) in [4.78, 5) is 26.6. The molecule has 0 saturated carbocycles. The maximum absolute atomic E-state index is 12.2. The molecular formula is C21H25Cl2N3O2. The molecule has 0 aliphatic rings. The first-order valence-electron chi connectivity index (χ1n) is 9.27. The van der Waals surface area contributed by atoms with Gasteiger partial charge in [-0.05, 0) is 55.1 Å². The van der Waals surface area contributed by atoms with Crippen molar-refractivity contribution in [1.82, 2.24) is 10.2 Å². The zero-order valence-electron chi connectivity index (χ0n) is 16.1. The summed E-state index contributed by atoms with van der Waals surface area (Å²) in [5, 5.41) is 6.60.